The van der Waals surface area contributed by atoms with Gasteiger partial charge in [0.05, 0.1) is 7.11 Å². The summed E-state index contributed by atoms with van der Waals surface area (Å²) in [5.41, 5.74) is 3.69. The zero-order chi connectivity index (χ0) is 12.1. The van der Waals surface area contributed by atoms with Gasteiger partial charge in [0.25, 0.3) is 0 Å². The first-order chi connectivity index (χ1) is 7.63. The third-order valence-electron chi connectivity index (χ3n) is 2.81. The molecule has 0 saturated heterocycles. The number of aryl methyl sites for hydroxylation is 2. The summed E-state index contributed by atoms with van der Waals surface area (Å²) in [5, 5.41) is 3.29. The molecule has 0 heterocycles. The number of benzene rings is 1. The standard InChI is InChI=1S/C13H20ClNO/c1-9-7-10(2)13(12(8-9)16-4)11(15-3)5-6-14/h7-8,11,15H,5-6H2,1-4H3. The van der Waals surface area contributed by atoms with Gasteiger partial charge in [0.15, 0.2) is 0 Å². The van der Waals surface area contributed by atoms with Crippen LogP contribution in [0.1, 0.15) is 29.2 Å². The smallest absolute Gasteiger partial charge is 0.124 e. The van der Waals surface area contributed by atoms with Gasteiger partial charge in [-0.3, -0.25) is 0 Å². The Morgan fingerprint density at radius 3 is 2.56 bits per heavy atom. The van der Waals surface area contributed by atoms with Crippen LogP contribution in [-0.4, -0.2) is 20.0 Å². The van der Waals surface area contributed by atoms with Crippen molar-refractivity contribution in [1.29, 1.82) is 0 Å². The highest BCUT2D eigenvalue weighted by Gasteiger charge is 2.16. The van der Waals surface area contributed by atoms with Crippen LogP contribution < -0.4 is 10.1 Å². The maximum Gasteiger partial charge on any atom is 0.124 e. The molecule has 0 aromatic heterocycles. The lowest BCUT2D eigenvalue weighted by Gasteiger charge is -2.21. The molecule has 1 N–H and O–H groups in total. The molecule has 1 aromatic carbocycles. The molecule has 16 heavy (non-hydrogen) atoms. The number of halogens is 1. The lowest BCUT2D eigenvalue weighted by atomic mass is 9.96. The average Bonchev–Trinajstić information content (AvgIpc) is 2.25. The number of alkyl halides is 1. The Balaban J connectivity index is 3.18. The molecule has 0 radical (unpaired) electrons. The van der Waals surface area contributed by atoms with E-state index >= 15 is 0 Å². The normalized spacial score (nSPS) is 12.6. The molecule has 0 fully saturated rings. The van der Waals surface area contributed by atoms with E-state index in [9.17, 15) is 0 Å². The summed E-state index contributed by atoms with van der Waals surface area (Å²) in [6, 6.07) is 4.50. The summed E-state index contributed by atoms with van der Waals surface area (Å²) in [5.74, 6) is 1.59. The Kier molecular flexibility index (Phi) is 5.10. The molecule has 1 atom stereocenters. The van der Waals surface area contributed by atoms with Gasteiger partial charge >= 0.3 is 0 Å². The maximum absolute atomic E-state index is 5.82. The molecular formula is C13H20ClNO. The van der Waals surface area contributed by atoms with Gasteiger partial charge < -0.3 is 10.1 Å². The van der Waals surface area contributed by atoms with Gasteiger partial charge in [-0.15, -0.1) is 11.6 Å². The van der Waals surface area contributed by atoms with Crippen molar-refractivity contribution in [2.75, 3.05) is 20.0 Å². The predicted molar refractivity (Wildman–Crippen MR) is 69.6 cm³/mol. The van der Waals surface area contributed by atoms with Crippen LogP contribution in [0.3, 0.4) is 0 Å². The van der Waals surface area contributed by atoms with E-state index in [1.165, 1.54) is 16.7 Å². The van der Waals surface area contributed by atoms with Gasteiger partial charge in [0.1, 0.15) is 5.75 Å². The van der Waals surface area contributed by atoms with Crippen molar-refractivity contribution < 1.29 is 4.74 Å². The fourth-order valence-electron chi connectivity index (χ4n) is 2.10. The van der Waals surface area contributed by atoms with Crippen LogP contribution in [0.15, 0.2) is 12.1 Å². The summed E-state index contributed by atoms with van der Waals surface area (Å²) in [6.45, 7) is 4.19. The maximum atomic E-state index is 5.82. The van der Waals surface area contributed by atoms with Gasteiger partial charge in [0.2, 0.25) is 0 Å². The topological polar surface area (TPSA) is 21.3 Å². The van der Waals surface area contributed by atoms with Crippen LogP contribution in [0.4, 0.5) is 0 Å². The van der Waals surface area contributed by atoms with Gasteiger partial charge in [-0.25, -0.2) is 0 Å². The van der Waals surface area contributed by atoms with Gasteiger partial charge in [-0.2, -0.15) is 0 Å². The fraction of sp³-hybridized carbons (Fsp3) is 0.538. The van der Waals surface area contributed by atoms with Gasteiger partial charge in [0, 0.05) is 17.5 Å². The highest BCUT2D eigenvalue weighted by atomic mass is 35.5. The SMILES string of the molecule is CNC(CCCl)c1c(C)cc(C)cc1OC. The summed E-state index contributed by atoms with van der Waals surface area (Å²) in [6.07, 6.45) is 0.901. The lowest BCUT2D eigenvalue weighted by Crippen LogP contribution is -2.19. The highest BCUT2D eigenvalue weighted by molar-refractivity contribution is 6.17. The van der Waals surface area contributed by atoms with Crippen LogP contribution >= 0.6 is 11.6 Å². The van der Waals surface area contributed by atoms with Crippen molar-refractivity contribution >= 4 is 11.6 Å². The van der Waals surface area contributed by atoms with E-state index in [4.69, 9.17) is 16.3 Å². The van der Waals surface area contributed by atoms with E-state index in [1.54, 1.807) is 7.11 Å². The van der Waals surface area contributed by atoms with Gasteiger partial charge in [-0.1, -0.05) is 6.07 Å². The second-order valence-corrected chi connectivity index (χ2v) is 4.39. The first-order valence-corrected chi connectivity index (χ1v) is 6.05. The molecule has 90 valence electrons. The molecule has 0 amide bonds. The Bertz CT molecular complexity index is 352. The van der Waals surface area contributed by atoms with Crippen molar-refractivity contribution in [3.63, 3.8) is 0 Å². The molecule has 0 aliphatic carbocycles. The molecule has 0 bridgehead atoms. The summed E-state index contributed by atoms with van der Waals surface area (Å²) in [7, 11) is 3.67. The fourth-order valence-corrected chi connectivity index (χ4v) is 2.32. The van der Waals surface area contributed by atoms with E-state index in [1.807, 2.05) is 7.05 Å². The molecule has 1 unspecified atom stereocenters. The second kappa shape index (κ2) is 6.12. The predicted octanol–water partition coefficient (Wildman–Crippen LogP) is 3.20. The summed E-state index contributed by atoms with van der Waals surface area (Å²) in [4.78, 5) is 0. The number of hydrogen-bond acceptors (Lipinski definition) is 2. The van der Waals surface area contributed by atoms with Crippen LogP contribution in [0.2, 0.25) is 0 Å². The van der Waals surface area contributed by atoms with Crippen molar-refractivity contribution in [1.82, 2.24) is 5.32 Å². The first-order valence-electron chi connectivity index (χ1n) is 5.52. The van der Waals surface area contributed by atoms with Crippen molar-refractivity contribution in [2.45, 2.75) is 26.3 Å². The van der Waals surface area contributed by atoms with E-state index < -0.39 is 0 Å². The van der Waals surface area contributed by atoms with Crippen LogP contribution in [0.5, 0.6) is 5.75 Å². The Morgan fingerprint density at radius 2 is 2.06 bits per heavy atom. The first kappa shape index (κ1) is 13.3. The number of nitrogens with one attached hydrogen (secondary N) is 1. The molecule has 0 saturated carbocycles. The molecule has 3 heteroatoms. The molecule has 0 aliphatic rings. The third-order valence-corrected chi connectivity index (χ3v) is 3.03. The number of hydrogen-bond donors (Lipinski definition) is 1. The minimum Gasteiger partial charge on any atom is -0.496 e. The van der Waals surface area contributed by atoms with Crippen molar-refractivity contribution in [2.24, 2.45) is 0 Å². The van der Waals surface area contributed by atoms with Crippen molar-refractivity contribution in [3.05, 3.63) is 28.8 Å². The molecular weight excluding hydrogens is 222 g/mol. The van der Waals surface area contributed by atoms with E-state index in [-0.39, 0.29) is 6.04 Å². The van der Waals surface area contributed by atoms with Crippen LogP contribution in [0, 0.1) is 13.8 Å². The van der Waals surface area contributed by atoms with E-state index in [0.717, 1.165) is 12.2 Å². The Hall–Kier alpha value is -0.730. The zero-order valence-electron chi connectivity index (χ0n) is 10.4. The number of rotatable bonds is 5. The zero-order valence-corrected chi connectivity index (χ0v) is 11.2. The molecule has 1 rings (SSSR count). The van der Waals surface area contributed by atoms with Gasteiger partial charge in [-0.05, 0) is 44.5 Å². The van der Waals surface area contributed by atoms with Crippen LogP contribution in [0.25, 0.3) is 0 Å². The van der Waals surface area contributed by atoms with Crippen molar-refractivity contribution in [3.8, 4) is 5.75 Å². The lowest BCUT2D eigenvalue weighted by molar-refractivity contribution is 0.399. The number of ether oxygens (including phenoxy) is 1. The van der Waals surface area contributed by atoms with Crippen LogP contribution in [-0.2, 0) is 0 Å². The summed E-state index contributed by atoms with van der Waals surface area (Å²) >= 11 is 5.82. The quantitative estimate of drug-likeness (QED) is 0.800. The van der Waals surface area contributed by atoms with E-state index in [0.29, 0.717) is 5.88 Å². The monoisotopic (exact) mass is 241 g/mol. The minimum absolute atomic E-state index is 0.257. The Labute approximate surface area is 103 Å². The molecule has 0 aliphatic heterocycles. The highest BCUT2D eigenvalue weighted by Crippen LogP contribution is 2.31. The molecule has 1 aromatic rings. The largest absolute Gasteiger partial charge is 0.496 e. The molecule has 2 nitrogen and oxygen atoms in total. The molecule has 0 spiro atoms. The average molecular weight is 242 g/mol. The number of methoxy groups -OCH3 is 1. The third kappa shape index (κ3) is 2.89. The minimum atomic E-state index is 0.257. The Morgan fingerprint density at radius 1 is 1.38 bits per heavy atom. The van der Waals surface area contributed by atoms with E-state index in [2.05, 4.69) is 31.3 Å². The summed E-state index contributed by atoms with van der Waals surface area (Å²) < 4.78 is 5.45. The second-order valence-electron chi connectivity index (χ2n) is 4.02.